The number of carbonyl (C=O) groups is 1. The summed E-state index contributed by atoms with van der Waals surface area (Å²) >= 11 is 0. The molecule has 1 saturated heterocycles. The van der Waals surface area contributed by atoms with E-state index in [1.807, 2.05) is 24.8 Å². The Kier molecular flexibility index (Phi) is 4.98. The molecule has 1 aliphatic rings. The molecule has 7 heteroatoms. The maximum atomic E-state index is 12.3. The average molecular weight is 326 g/mol. The zero-order chi connectivity index (χ0) is 16.9. The van der Waals surface area contributed by atoms with Crippen molar-refractivity contribution < 1.29 is 4.79 Å². The summed E-state index contributed by atoms with van der Waals surface area (Å²) in [5.74, 6) is 1.99. The van der Waals surface area contributed by atoms with Crippen molar-refractivity contribution in [2.45, 2.75) is 45.6 Å². The van der Waals surface area contributed by atoms with Gasteiger partial charge in [-0.3, -0.25) is 4.79 Å². The zero-order valence-electron chi connectivity index (χ0n) is 14.1. The second-order valence-electron chi connectivity index (χ2n) is 5.87. The lowest BCUT2D eigenvalue weighted by molar-refractivity contribution is -0.134. The molecule has 2 aromatic rings. The number of aryl methyl sites for hydroxylation is 1. The minimum absolute atomic E-state index is 0.0186. The topological polar surface area (TPSA) is 83.9 Å². The van der Waals surface area contributed by atoms with E-state index in [4.69, 9.17) is 0 Å². The third-order valence-corrected chi connectivity index (χ3v) is 4.13. The number of anilines is 2. The van der Waals surface area contributed by atoms with Crippen LogP contribution in [-0.4, -0.2) is 37.3 Å². The van der Waals surface area contributed by atoms with E-state index in [1.165, 1.54) is 0 Å². The van der Waals surface area contributed by atoms with Crippen molar-refractivity contribution in [2.75, 3.05) is 11.9 Å². The molecule has 1 N–H and O–H groups in total. The third kappa shape index (κ3) is 3.67. The fraction of sp³-hybridized carbons (Fsp3) is 0.471. The molecule has 3 heterocycles. The van der Waals surface area contributed by atoms with Gasteiger partial charge in [-0.25, -0.2) is 19.9 Å². The predicted octanol–water partition coefficient (Wildman–Crippen LogP) is 2.78. The number of likely N-dealkylation sites (tertiary alicyclic amines) is 1. The minimum atomic E-state index is 0.0186. The first-order valence-corrected chi connectivity index (χ1v) is 8.36. The quantitative estimate of drug-likeness (QED) is 0.930. The van der Waals surface area contributed by atoms with E-state index in [-0.39, 0.29) is 11.9 Å². The monoisotopic (exact) mass is 326 g/mol. The molecule has 2 aromatic heterocycles. The molecule has 0 bridgehead atoms. The van der Waals surface area contributed by atoms with Crippen LogP contribution in [0.25, 0.3) is 0 Å². The first-order chi connectivity index (χ1) is 11.7. The van der Waals surface area contributed by atoms with Gasteiger partial charge in [-0.15, -0.1) is 0 Å². The number of piperidine rings is 1. The van der Waals surface area contributed by atoms with Crippen molar-refractivity contribution in [1.29, 1.82) is 0 Å². The lowest BCUT2D eigenvalue weighted by Gasteiger charge is -2.35. The van der Waals surface area contributed by atoms with Crippen LogP contribution in [-0.2, 0) is 4.79 Å². The molecule has 0 aliphatic carbocycles. The SMILES string of the molecule is CCC(=O)N1CCCC[C@H]1c1cc(Nc2ncccn2)nc(C)n1. The number of carbonyl (C=O) groups excluding carboxylic acids is 1. The van der Waals surface area contributed by atoms with E-state index in [9.17, 15) is 4.79 Å². The van der Waals surface area contributed by atoms with E-state index in [0.717, 1.165) is 31.5 Å². The van der Waals surface area contributed by atoms with Crippen LogP contribution in [0.4, 0.5) is 11.8 Å². The summed E-state index contributed by atoms with van der Waals surface area (Å²) in [5.41, 5.74) is 0.877. The van der Waals surface area contributed by atoms with Crippen LogP contribution in [0, 0.1) is 6.92 Å². The van der Waals surface area contributed by atoms with E-state index in [0.29, 0.717) is 24.0 Å². The van der Waals surface area contributed by atoms with Gasteiger partial charge in [0.1, 0.15) is 11.6 Å². The van der Waals surface area contributed by atoms with Gasteiger partial charge in [-0.2, -0.15) is 0 Å². The predicted molar refractivity (Wildman–Crippen MR) is 90.7 cm³/mol. The molecule has 7 nitrogen and oxygen atoms in total. The Morgan fingerprint density at radius 2 is 2.08 bits per heavy atom. The largest absolute Gasteiger partial charge is 0.334 e. The van der Waals surface area contributed by atoms with Crippen molar-refractivity contribution >= 4 is 17.7 Å². The second-order valence-corrected chi connectivity index (χ2v) is 5.87. The Morgan fingerprint density at radius 3 is 2.83 bits per heavy atom. The zero-order valence-corrected chi connectivity index (χ0v) is 14.1. The fourth-order valence-electron chi connectivity index (χ4n) is 3.04. The van der Waals surface area contributed by atoms with Crippen LogP contribution in [0.2, 0.25) is 0 Å². The molecule has 0 spiro atoms. The normalized spacial score (nSPS) is 17.6. The van der Waals surface area contributed by atoms with Crippen LogP contribution in [0.3, 0.4) is 0 Å². The molecule has 3 rings (SSSR count). The van der Waals surface area contributed by atoms with Gasteiger partial charge in [0, 0.05) is 31.4 Å². The van der Waals surface area contributed by atoms with Crippen molar-refractivity contribution in [2.24, 2.45) is 0 Å². The van der Waals surface area contributed by atoms with Gasteiger partial charge in [-0.1, -0.05) is 6.92 Å². The van der Waals surface area contributed by atoms with Crippen LogP contribution in [0.15, 0.2) is 24.5 Å². The number of aromatic nitrogens is 4. The van der Waals surface area contributed by atoms with Gasteiger partial charge < -0.3 is 10.2 Å². The molecule has 126 valence electrons. The van der Waals surface area contributed by atoms with E-state index < -0.39 is 0 Å². The molecule has 24 heavy (non-hydrogen) atoms. The Labute approximate surface area is 141 Å². The minimum Gasteiger partial charge on any atom is -0.334 e. The number of rotatable bonds is 4. The van der Waals surface area contributed by atoms with Gasteiger partial charge >= 0.3 is 0 Å². The highest BCUT2D eigenvalue weighted by atomic mass is 16.2. The standard InChI is InChI=1S/C17H22N6O/c1-3-16(24)23-10-5-4-7-14(23)13-11-15(21-12(2)20-13)22-17-18-8-6-9-19-17/h6,8-9,11,14H,3-5,7,10H2,1-2H3,(H,18,19,20,21,22)/t14-/m0/s1. The van der Waals surface area contributed by atoms with Crippen LogP contribution >= 0.6 is 0 Å². The smallest absolute Gasteiger partial charge is 0.228 e. The summed E-state index contributed by atoms with van der Waals surface area (Å²) in [6.45, 7) is 4.55. The Balaban J connectivity index is 1.88. The van der Waals surface area contributed by atoms with E-state index in [1.54, 1.807) is 18.5 Å². The summed E-state index contributed by atoms with van der Waals surface area (Å²) in [7, 11) is 0. The highest BCUT2D eigenvalue weighted by Gasteiger charge is 2.28. The molecule has 1 aliphatic heterocycles. The van der Waals surface area contributed by atoms with Gasteiger partial charge in [0.05, 0.1) is 11.7 Å². The van der Waals surface area contributed by atoms with E-state index >= 15 is 0 Å². The number of nitrogens with one attached hydrogen (secondary N) is 1. The molecule has 0 saturated carbocycles. The summed E-state index contributed by atoms with van der Waals surface area (Å²) < 4.78 is 0. The molecule has 0 radical (unpaired) electrons. The van der Waals surface area contributed by atoms with E-state index in [2.05, 4.69) is 25.3 Å². The average Bonchev–Trinajstić information content (AvgIpc) is 2.61. The molecular formula is C17H22N6O. The Hall–Kier alpha value is -2.57. The van der Waals surface area contributed by atoms with Gasteiger partial charge in [0.15, 0.2) is 0 Å². The number of nitrogens with zero attached hydrogens (tertiary/aromatic N) is 5. The third-order valence-electron chi connectivity index (χ3n) is 4.13. The first kappa shape index (κ1) is 16.3. The van der Waals surface area contributed by atoms with Crippen LogP contribution in [0.5, 0.6) is 0 Å². The van der Waals surface area contributed by atoms with Gasteiger partial charge in [0.25, 0.3) is 0 Å². The highest BCUT2D eigenvalue weighted by Crippen LogP contribution is 2.31. The summed E-state index contributed by atoms with van der Waals surface area (Å²) in [6.07, 6.45) is 6.95. The number of amides is 1. The summed E-state index contributed by atoms with van der Waals surface area (Å²) in [5, 5.41) is 3.11. The summed E-state index contributed by atoms with van der Waals surface area (Å²) in [4.78, 5) is 31.5. The second kappa shape index (κ2) is 7.33. The van der Waals surface area contributed by atoms with Crippen molar-refractivity contribution in [3.8, 4) is 0 Å². The van der Waals surface area contributed by atoms with Gasteiger partial charge in [-0.05, 0) is 32.3 Å². The highest BCUT2D eigenvalue weighted by molar-refractivity contribution is 5.76. The molecule has 1 amide bonds. The fourth-order valence-corrected chi connectivity index (χ4v) is 3.04. The summed E-state index contributed by atoms with van der Waals surface area (Å²) in [6, 6.07) is 3.68. The Morgan fingerprint density at radius 1 is 1.29 bits per heavy atom. The van der Waals surface area contributed by atoms with Crippen molar-refractivity contribution in [3.63, 3.8) is 0 Å². The number of hydrogen-bond acceptors (Lipinski definition) is 6. The van der Waals surface area contributed by atoms with Gasteiger partial charge in [0.2, 0.25) is 11.9 Å². The van der Waals surface area contributed by atoms with Crippen molar-refractivity contribution in [3.05, 3.63) is 36.0 Å². The molecule has 1 fully saturated rings. The first-order valence-electron chi connectivity index (χ1n) is 8.36. The van der Waals surface area contributed by atoms with Crippen LogP contribution < -0.4 is 5.32 Å². The van der Waals surface area contributed by atoms with Crippen molar-refractivity contribution in [1.82, 2.24) is 24.8 Å². The Bertz CT molecular complexity index is 705. The lowest BCUT2D eigenvalue weighted by Crippen LogP contribution is -2.38. The molecule has 1 atom stereocenters. The number of hydrogen-bond donors (Lipinski definition) is 1. The molecule has 0 unspecified atom stereocenters. The molecule has 0 aromatic carbocycles. The lowest BCUT2D eigenvalue weighted by atomic mass is 9.98. The maximum absolute atomic E-state index is 12.3. The maximum Gasteiger partial charge on any atom is 0.228 e. The van der Waals surface area contributed by atoms with Crippen LogP contribution in [0.1, 0.15) is 50.2 Å². The molecular weight excluding hydrogens is 304 g/mol.